The van der Waals surface area contributed by atoms with Gasteiger partial charge in [0.05, 0.1) is 5.56 Å². The Hall–Kier alpha value is -2.41. The Labute approximate surface area is 140 Å². The summed E-state index contributed by atoms with van der Waals surface area (Å²) < 4.78 is 43.4. The van der Waals surface area contributed by atoms with Crippen molar-refractivity contribution >= 4 is 17.6 Å². The van der Waals surface area contributed by atoms with E-state index >= 15 is 0 Å². The lowest BCUT2D eigenvalue weighted by Crippen LogP contribution is -2.04. The Bertz CT molecular complexity index is 759. The van der Waals surface area contributed by atoms with Crippen LogP contribution in [0.1, 0.15) is 17.5 Å². The summed E-state index contributed by atoms with van der Waals surface area (Å²) in [5.41, 5.74) is -0.458. The fourth-order valence-electron chi connectivity index (χ4n) is 1.98. The highest BCUT2D eigenvalue weighted by Gasteiger charge is 2.31. The number of halogens is 4. The molecule has 2 aromatic rings. The Kier molecular flexibility index (Phi) is 5.23. The molecule has 0 fully saturated rings. The molecular weight excluding hydrogens is 349 g/mol. The molecular formula is C16H12ClF3O4. The third-order valence-electron chi connectivity index (χ3n) is 3.09. The molecule has 2 rings (SSSR count). The van der Waals surface area contributed by atoms with Crippen molar-refractivity contribution in [3.05, 3.63) is 52.5 Å². The van der Waals surface area contributed by atoms with Gasteiger partial charge in [0.2, 0.25) is 0 Å². The first kappa shape index (κ1) is 17.9. The van der Waals surface area contributed by atoms with Crippen molar-refractivity contribution in [2.75, 3.05) is 0 Å². The molecule has 8 heteroatoms. The summed E-state index contributed by atoms with van der Waals surface area (Å²) in [6.45, 7) is 0. The third kappa shape index (κ3) is 4.79. The smallest absolute Gasteiger partial charge is 0.416 e. The van der Waals surface area contributed by atoms with Crippen molar-refractivity contribution in [2.24, 2.45) is 0 Å². The van der Waals surface area contributed by atoms with E-state index in [1.54, 1.807) is 0 Å². The number of carboxylic acids is 1. The molecule has 0 atom stereocenters. The first-order chi connectivity index (χ1) is 11.1. The van der Waals surface area contributed by atoms with Gasteiger partial charge in [0.1, 0.15) is 17.2 Å². The van der Waals surface area contributed by atoms with Crippen LogP contribution in [-0.2, 0) is 17.4 Å². The van der Waals surface area contributed by atoms with Crippen LogP contribution in [0.25, 0.3) is 0 Å². The zero-order valence-electron chi connectivity index (χ0n) is 12.1. The quantitative estimate of drug-likeness (QED) is 0.798. The summed E-state index contributed by atoms with van der Waals surface area (Å²) in [7, 11) is 0. The summed E-state index contributed by atoms with van der Waals surface area (Å²) in [6, 6.07) is 6.76. The maximum atomic E-state index is 12.7. The Morgan fingerprint density at radius 1 is 1.12 bits per heavy atom. The van der Waals surface area contributed by atoms with E-state index in [0.29, 0.717) is 11.6 Å². The van der Waals surface area contributed by atoms with E-state index in [1.165, 1.54) is 18.2 Å². The minimum atomic E-state index is -4.62. The number of aromatic hydroxyl groups is 1. The zero-order valence-corrected chi connectivity index (χ0v) is 12.9. The van der Waals surface area contributed by atoms with E-state index < -0.39 is 23.5 Å². The highest BCUT2D eigenvalue weighted by Crippen LogP contribution is 2.36. The van der Waals surface area contributed by atoms with Gasteiger partial charge in [0.25, 0.3) is 0 Å². The van der Waals surface area contributed by atoms with Gasteiger partial charge in [-0.2, -0.15) is 13.2 Å². The van der Waals surface area contributed by atoms with Gasteiger partial charge in [-0.25, -0.2) is 0 Å². The topological polar surface area (TPSA) is 66.8 Å². The summed E-state index contributed by atoms with van der Waals surface area (Å²) in [5, 5.41) is 18.3. The number of carbonyl (C=O) groups is 1. The first-order valence-electron chi connectivity index (χ1n) is 6.74. The van der Waals surface area contributed by atoms with Crippen LogP contribution in [-0.4, -0.2) is 16.2 Å². The molecule has 2 N–H and O–H groups in total. The molecule has 0 heterocycles. The van der Waals surface area contributed by atoms with Gasteiger partial charge in [-0.15, -0.1) is 0 Å². The van der Waals surface area contributed by atoms with Gasteiger partial charge >= 0.3 is 12.1 Å². The third-order valence-corrected chi connectivity index (χ3v) is 3.44. The van der Waals surface area contributed by atoms with E-state index in [2.05, 4.69) is 0 Å². The van der Waals surface area contributed by atoms with Crippen molar-refractivity contribution in [3.8, 4) is 17.2 Å². The summed E-state index contributed by atoms with van der Waals surface area (Å²) >= 11 is 6.01. The van der Waals surface area contributed by atoms with Crippen LogP contribution in [0, 0.1) is 0 Å². The van der Waals surface area contributed by atoms with E-state index in [9.17, 15) is 23.1 Å². The standard InChI is InChI=1S/C16H12ClF3O4/c17-14-8-12(3-1-9(14)2-4-15(22)23)24-13-6-10(16(18,19)20)5-11(21)7-13/h1,3,5-8,21H,2,4H2,(H,22,23). The molecule has 0 aliphatic heterocycles. The molecule has 0 amide bonds. The van der Waals surface area contributed by atoms with Crippen LogP contribution in [0.2, 0.25) is 5.02 Å². The zero-order chi connectivity index (χ0) is 17.9. The Morgan fingerprint density at radius 2 is 1.83 bits per heavy atom. The number of rotatable bonds is 5. The molecule has 0 aromatic heterocycles. The Balaban J connectivity index is 2.21. The molecule has 0 unspecified atom stereocenters. The minimum absolute atomic E-state index is 0.0958. The number of carboxylic acid groups (broad SMARTS) is 1. The second-order valence-corrected chi connectivity index (χ2v) is 5.37. The monoisotopic (exact) mass is 360 g/mol. The lowest BCUT2D eigenvalue weighted by atomic mass is 10.1. The largest absolute Gasteiger partial charge is 0.508 e. The average Bonchev–Trinajstić information content (AvgIpc) is 2.44. The number of phenolic OH excluding ortho intramolecular Hbond substituents is 1. The number of hydrogen-bond acceptors (Lipinski definition) is 3. The van der Waals surface area contributed by atoms with E-state index in [0.717, 1.165) is 12.1 Å². The molecule has 0 bridgehead atoms. The molecule has 24 heavy (non-hydrogen) atoms. The van der Waals surface area contributed by atoms with Crippen molar-refractivity contribution in [2.45, 2.75) is 19.0 Å². The number of hydrogen-bond donors (Lipinski definition) is 2. The van der Waals surface area contributed by atoms with Crippen LogP contribution < -0.4 is 4.74 Å². The molecule has 4 nitrogen and oxygen atoms in total. The average molecular weight is 361 g/mol. The summed E-state index contributed by atoms with van der Waals surface area (Å²) in [4.78, 5) is 10.6. The van der Waals surface area contributed by atoms with Crippen molar-refractivity contribution in [3.63, 3.8) is 0 Å². The normalized spacial score (nSPS) is 11.3. The van der Waals surface area contributed by atoms with Gasteiger partial charge in [-0.05, 0) is 36.2 Å². The fraction of sp³-hybridized carbons (Fsp3) is 0.188. The van der Waals surface area contributed by atoms with Gasteiger partial charge in [0.15, 0.2) is 0 Å². The van der Waals surface area contributed by atoms with Crippen LogP contribution in [0.15, 0.2) is 36.4 Å². The number of benzene rings is 2. The number of alkyl halides is 3. The SMILES string of the molecule is O=C(O)CCc1ccc(Oc2cc(O)cc(C(F)(F)F)c2)cc1Cl. The molecule has 0 aliphatic rings. The van der Waals surface area contributed by atoms with E-state index in [1.807, 2.05) is 0 Å². The maximum absolute atomic E-state index is 12.7. The van der Waals surface area contributed by atoms with Crippen LogP contribution in [0.5, 0.6) is 17.2 Å². The lowest BCUT2D eigenvalue weighted by molar-refractivity contribution is -0.138. The predicted molar refractivity (Wildman–Crippen MR) is 80.6 cm³/mol. The highest BCUT2D eigenvalue weighted by atomic mass is 35.5. The number of phenols is 1. The highest BCUT2D eigenvalue weighted by molar-refractivity contribution is 6.31. The van der Waals surface area contributed by atoms with Crippen molar-refractivity contribution < 1.29 is 32.9 Å². The number of aliphatic carboxylic acids is 1. The number of ether oxygens (including phenoxy) is 1. The molecule has 0 saturated heterocycles. The van der Waals surface area contributed by atoms with Crippen molar-refractivity contribution in [1.82, 2.24) is 0 Å². The predicted octanol–water partition coefficient (Wildman–Crippen LogP) is 4.87. The van der Waals surface area contributed by atoms with Crippen molar-refractivity contribution in [1.29, 1.82) is 0 Å². The first-order valence-corrected chi connectivity index (χ1v) is 7.12. The van der Waals surface area contributed by atoms with E-state index in [4.69, 9.17) is 21.4 Å². The number of aryl methyl sites for hydroxylation is 1. The Morgan fingerprint density at radius 3 is 2.42 bits per heavy atom. The van der Waals surface area contributed by atoms with Crippen LogP contribution >= 0.6 is 11.6 Å². The summed E-state index contributed by atoms with van der Waals surface area (Å²) in [5.74, 6) is -1.58. The molecule has 0 spiro atoms. The maximum Gasteiger partial charge on any atom is 0.416 e. The van der Waals surface area contributed by atoms with Crippen LogP contribution in [0.4, 0.5) is 13.2 Å². The van der Waals surface area contributed by atoms with Gasteiger partial charge < -0.3 is 14.9 Å². The molecule has 128 valence electrons. The van der Waals surface area contributed by atoms with Gasteiger partial charge in [-0.3, -0.25) is 4.79 Å². The molecule has 0 saturated carbocycles. The molecule has 2 aromatic carbocycles. The molecule has 0 radical (unpaired) electrons. The van der Waals surface area contributed by atoms with Crippen LogP contribution in [0.3, 0.4) is 0 Å². The summed E-state index contributed by atoms with van der Waals surface area (Å²) in [6.07, 6.45) is -4.49. The minimum Gasteiger partial charge on any atom is -0.508 e. The lowest BCUT2D eigenvalue weighted by Gasteiger charge is -2.12. The molecule has 0 aliphatic carbocycles. The van der Waals surface area contributed by atoms with Gasteiger partial charge in [0, 0.05) is 17.5 Å². The second-order valence-electron chi connectivity index (χ2n) is 4.96. The van der Waals surface area contributed by atoms with Gasteiger partial charge in [-0.1, -0.05) is 17.7 Å². The fourth-order valence-corrected chi connectivity index (χ4v) is 2.24. The van der Waals surface area contributed by atoms with E-state index in [-0.39, 0.29) is 29.4 Å². The second kappa shape index (κ2) is 7.00.